The molecule has 0 saturated heterocycles. The molecule has 1 aliphatic carbocycles. The zero-order chi connectivity index (χ0) is 14.6. The Hall–Kier alpha value is -1.56. The summed E-state index contributed by atoms with van der Waals surface area (Å²) >= 11 is 0. The summed E-state index contributed by atoms with van der Waals surface area (Å²) in [5, 5.41) is 20.0. The minimum Gasteiger partial charge on any atom is -0.395 e. The standard InChI is InChI=1S/C14H24N4O2/c1-2-10-11(15)12(18-17-10)13(19)16-9-14(20)7-5-3-4-6-8-14/h20H,2-9,15H2,1H3,(H,16,19)(H,17,18). The van der Waals surface area contributed by atoms with Crippen LogP contribution in [0.3, 0.4) is 0 Å². The molecule has 1 saturated carbocycles. The fourth-order valence-corrected chi connectivity index (χ4v) is 2.72. The number of hydrogen-bond donors (Lipinski definition) is 4. The van der Waals surface area contributed by atoms with Crippen LogP contribution in [-0.2, 0) is 6.42 Å². The quantitative estimate of drug-likeness (QED) is 0.625. The summed E-state index contributed by atoms with van der Waals surface area (Å²) in [4.78, 5) is 12.1. The number of aliphatic hydroxyl groups is 1. The Labute approximate surface area is 119 Å². The van der Waals surface area contributed by atoms with Crippen molar-refractivity contribution in [3.8, 4) is 0 Å². The molecule has 20 heavy (non-hydrogen) atoms. The maximum Gasteiger partial charge on any atom is 0.274 e. The number of aromatic nitrogens is 2. The highest BCUT2D eigenvalue weighted by molar-refractivity contribution is 5.97. The summed E-state index contributed by atoms with van der Waals surface area (Å²) in [5.41, 5.74) is 6.47. The minimum atomic E-state index is -0.787. The van der Waals surface area contributed by atoms with Crippen LogP contribution < -0.4 is 11.1 Å². The Morgan fingerprint density at radius 3 is 2.60 bits per heavy atom. The Kier molecular flexibility index (Phi) is 4.65. The zero-order valence-electron chi connectivity index (χ0n) is 12.0. The number of anilines is 1. The van der Waals surface area contributed by atoms with Crippen LogP contribution in [0.1, 0.15) is 61.6 Å². The average Bonchev–Trinajstić information content (AvgIpc) is 2.66. The van der Waals surface area contributed by atoms with Gasteiger partial charge in [0.25, 0.3) is 5.91 Å². The summed E-state index contributed by atoms with van der Waals surface area (Å²) in [5.74, 6) is -0.323. The molecular weight excluding hydrogens is 256 g/mol. The molecule has 1 aliphatic rings. The van der Waals surface area contributed by atoms with E-state index in [1.165, 1.54) is 0 Å². The molecule has 1 aromatic rings. The molecule has 6 heteroatoms. The lowest BCUT2D eigenvalue weighted by molar-refractivity contribution is 0.0246. The largest absolute Gasteiger partial charge is 0.395 e. The molecule has 0 spiro atoms. The fourth-order valence-electron chi connectivity index (χ4n) is 2.72. The predicted molar refractivity (Wildman–Crippen MR) is 77.4 cm³/mol. The van der Waals surface area contributed by atoms with Gasteiger partial charge in [-0.15, -0.1) is 0 Å². The molecule has 1 heterocycles. The number of hydrogen-bond acceptors (Lipinski definition) is 4. The third-order valence-corrected chi connectivity index (χ3v) is 4.06. The number of nitrogens with two attached hydrogens (primary N) is 1. The second-order valence-corrected chi connectivity index (χ2v) is 5.64. The molecule has 0 aliphatic heterocycles. The van der Waals surface area contributed by atoms with Gasteiger partial charge in [0, 0.05) is 6.54 Å². The SMILES string of the molecule is CCc1[nH]nc(C(=O)NCC2(O)CCCCCC2)c1N. The lowest BCUT2D eigenvalue weighted by Crippen LogP contribution is -2.42. The third kappa shape index (κ3) is 3.30. The summed E-state index contributed by atoms with van der Waals surface area (Å²) in [7, 11) is 0. The molecule has 0 atom stereocenters. The number of carbonyl (C=O) groups is 1. The van der Waals surface area contributed by atoms with E-state index in [2.05, 4.69) is 15.5 Å². The van der Waals surface area contributed by atoms with Crippen molar-refractivity contribution in [2.24, 2.45) is 0 Å². The summed E-state index contributed by atoms with van der Waals surface area (Å²) in [6, 6.07) is 0. The molecule has 6 nitrogen and oxygen atoms in total. The van der Waals surface area contributed by atoms with Gasteiger partial charge in [-0.1, -0.05) is 32.6 Å². The van der Waals surface area contributed by atoms with Gasteiger partial charge in [0.15, 0.2) is 5.69 Å². The average molecular weight is 280 g/mol. The van der Waals surface area contributed by atoms with Gasteiger partial charge in [0.1, 0.15) is 0 Å². The molecule has 0 unspecified atom stereocenters. The third-order valence-electron chi connectivity index (χ3n) is 4.06. The van der Waals surface area contributed by atoms with E-state index in [1.54, 1.807) is 0 Å². The first-order chi connectivity index (χ1) is 9.56. The van der Waals surface area contributed by atoms with Crippen molar-refractivity contribution in [3.63, 3.8) is 0 Å². The van der Waals surface area contributed by atoms with Crippen LogP contribution in [0.2, 0.25) is 0 Å². The van der Waals surface area contributed by atoms with E-state index in [0.29, 0.717) is 12.1 Å². The lowest BCUT2D eigenvalue weighted by Gasteiger charge is -2.26. The molecule has 0 radical (unpaired) electrons. The van der Waals surface area contributed by atoms with Gasteiger partial charge in [-0.2, -0.15) is 5.10 Å². The number of nitrogens with one attached hydrogen (secondary N) is 2. The number of nitrogen functional groups attached to an aromatic ring is 1. The van der Waals surface area contributed by atoms with Crippen LogP contribution in [0.15, 0.2) is 0 Å². The van der Waals surface area contributed by atoms with Crippen LogP contribution in [0.5, 0.6) is 0 Å². The van der Waals surface area contributed by atoms with Crippen molar-refractivity contribution in [2.75, 3.05) is 12.3 Å². The van der Waals surface area contributed by atoms with Crippen molar-refractivity contribution in [1.29, 1.82) is 0 Å². The van der Waals surface area contributed by atoms with E-state index in [9.17, 15) is 9.90 Å². The molecule has 1 aromatic heterocycles. The number of aromatic amines is 1. The number of aryl methyl sites for hydroxylation is 1. The van der Waals surface area contributed by atoms with Crippen molar-refractivity contribution in [2.45, 2.75) is 57.5 Å². The first-order valence-corrected chi connectivity index (χ1v) is 7.39. The van der Waals surface area contributed by atoms with E-state index in [4.69, 9.17) is 5.73 Å². The maximum atomic E-state index is 12.1. The van der Waals surface area contributed by atoms with Crippen LogP contribution in [0.4, 0.5) is 5.69 Å². The van der Waals surface area contributed by atoms with E-state index in [1.807, 2.05) is 6.92 Å². The molecule has 5 N–H and O–H groups in total. The van der Waals surface area contributed by atoms with Gasteiger partial charge in [-0.05, 0) is 19.3 Å². The van der Waals surface area contributed by atoms with Crippen molar-refractivity contribution in [1.82, 2.24) is 15.5 Å². The molecule has 112 valence electrons. The molecule has 1 fully saturated rings. The molecule has 0 aromatic carbocycles. The summed E-state index contributed by atoms with van der Waals surface area (Å²) in [6.07, 6.45) is 6.52. The number of nitrogens with zero attached hydrogens (tertiary/aromatic N) is 1. The van der Waals surface area contributed by atoms with E-state index in [0.717, 1.165) is 44.2 Å². The molecule has 0 bridgehead atoms. The van der Waals surface area contributed by atoms with Crippen molar-refractivity contribution >= 4 is 11.6 Å². The van der Waals surface area contributed by atoms with Crippen LogP contribution in [-0.4, -0.2) is 33.4 Å². The Balaban J connectivity index is 1.95. The summed E-state index contributed by atoms with van der Waals surface area (Å²) in [6.45, 7) is 2.21. The molecular formula is C14H24N4O2. The highest BCUT2D eigenvalue weighted by Crippen LogP contribution is 2.26. The van der Waals surface area contributed by atoms with Gasteiger partial charge < -0.3 is 16.2 Å². The molecule has 1 amide bonds. The Bertz CT molecular complexity index is 462. The van der Waals surface area contributed by atoms with Gasteiger partial charge in [-0.3, -0.25) is 9.89 Å². The first-order valence-electron chi connectivity index (χ1n) is 7.39. The Morgan fingerprint density at radius 2 is 2.05 bits per heavy atom. The van der Waals surface area contributed by atoms with Crippen LogP contribution >= 0.6 is 0 Å². The van der Waals surface area contributed by atoms with Crippen LogP contribution in [0, 0.1) is 0 Å². The van der Waals surface area contributed by atoms with E-state index < -0.39 is 5.60 Å². The van der Waals surface area contributed by atoms with E-state index >= 15 is 0 Å². The Morgan fingerprint density at radius 1 is 1.40 bits per heavy atom. The number of rotatable bonds is 4. The monoisotopic (exact) mass is 280 g/mol. The number of carbonyl (C=O) groups excluding carboxylic acids is 1. The molecule has 2 rings (SSSR count). The number of H-pyrrole nitrogens is 1. The van der Waals surface area contributed by atoms with Gasteiger partial charge in [0.05, 0.1) is 17.0 Å². The fraction of sp³-hybridized carbons (Fsp3) is 0.714. The highest BCUT2D eigenvalue weighted by Gasteiger charge is 2.29. The van der Waals surface area contributed by atoms with E-state index in [-0.39, 0.29) is 18.1 Å². The van der Waals surface area contributed by atoms with Crippen LogP contribution in [0.25, 0.3) is 0 Å². The van der Waals surface area contributed by atoms with Gasteiger partial charge >= 0.3 is 0 Å². The maximum absolute atomic E-state index is 12.1. The lowest BCUT2D eigenvalue weighted by atomic mass is 9.94. The van der Waals surface area contributed by atoms with Crippen molar-refractivity contribution < 1.29 is 9.90 Å². The first kappa shape index (κ1) is 14.8. The zero-order valence-corrected chi connectivity index (χ0v) is 12.0. The van der Waals surface area contributed by atoms with Crippen molar-refractivity contribution in [3.05, 3.63) is 11.4 Å². The topological polar surface area (TPSA) is 104 Å². The summed E-state index contributed by atoms with van der Waals surface area (Å²) < 4.78 is 0. The highest BCUT2D eigenvalue weighted by atomic mass is 16.3. The number of amides is 1. The van der Waals surface area contributed by atoms with Gasteiger partial charge in [-0.25, -0.2) is 0 Å². The smallest absolute Gasteiger partial charge is 0.274 e. The predicted octanol–water partition coefficient (Wildman–Crippen LogP) is 1.37. The second kappa shape index (κ2) is 6.26. The normalized spacial score (nSPS) is 18.5. The second-order valence-electron chi connectivity index (χ2n) is 5.64. The van der Waals surface area contributed by atoms with Gasteiger partial charge in [0.2, 0.25) is 0 Å². The minimum absolute atomic E-state index is 0.221.